The summed E-state index contributed by atoms with van der Waals surface area (Å²) in [6, 6.07) is 14.0. The molecule has 2 N–H and O–H groups in total. The number of carbonyl (C=O) groups is 2. The summed E-state index contributed by atoms with van der Waals surface area (Å²) in [6.45, 7) is 2.20. The van der Waals surface area contributed by atoms with Gasteiger partial charge in [0.05, 0.1) is 12.8 Å². The Bertz CT molecular complexity index is 842. The van der Waals surface area contributed by atoms with E-state index in [2.05, 4.69) is 22.8 Å². The van der Waals surface area contributed by atoms with Gasteiger partial charge in [-0.25, -0.2) is 5.43 Å². The Balaban J connectivity index is 1.50. The minimum Gasteiger partial charge on any atom is -0.347 e. The predicted molar refractivity (Wildman–Crippen MR) is 134 cm³/mol. The van der Waals surface area contributed by atoms with E-state index in [0.29, 0.717) is 6.42 Å². The highest BCUT2D eigenvalue weighted by molar-refractivity contribution is 6.00. The Kier molecular flexibility index (Phi) is 12.8. The Morgan fingerprint density at radius 1 is 0.781 bits per heavy atom. The molecule has 0 aromatic heterocycles. The molecule has 2 amide bonds. The average Bonchev–Trinajstić information content (AvgIpc) is 2.81. The number of hydrogen-bond acceptors (Lipinski definition) is 3. The zero-order chi connectivity index (χ0) is 22.9. The minimum absolute atomic E-state index is 0.0518. The maximum atomic E-state index is 11.9. The smallest absolute Gasteiger partial charge is 0.259 e. The third-order valence-electron chi connectivity index (χ3n) is 5.67. The highest BCUT2D eigenvalue weighted by atomic mass is 16.2. The van der Waals surface area contributed by atoms with E-state index in [-0.39, 0.29) is 18.4 Å². The number of benzene rings is 2. The van der Waals surface area contributed by atoms with Gasteiger partial charge in [-0.05, 0) is 17.2 Å². The van der Waals surface area contributed by atoms with Gasteiger partial charge in [0.1, 0.15) is 0 Å². The van der Waals surface area contributed by atoms with E-state index in [9.17, 15) is 9.59 Å². The second kappa shape index (κ2) is 16.0. The van der Waals surface area contributed by atoms with Gasteiger partial charge >= 0.3 is 0 Å². The van der Waals surface area contributed by atoms with Gasteiger partial charge in [-0.1, -0.05) is 114 Å². The monoisotopic (exact) mass is 437 g/mol. The van der Waals surface area contributed by atoms with Crippen LogP contribution in [0.3, 0.4) is 0 Å². The summed E-state index contributed by atoms with van der Waals surface area (Å²) in [6.07, 6.45) is 15.9. The molecule has 0 unspecified atom stereocenters. The van der Waals surface area contributed by atoms with Crippen LogP contribution in [0.5, 0.6) is 0 Å². The molecule has 5 nitrogen and oxygen atoms in total. The van der Waals surface area contributed by atoms with E-state index >= 15 is 0 Å². The molecular formula is C27H39N3O2. The SMILES string of the molecule is CCCCCCCCCCCCCC(=O)NCC(=O)NN=Cc1cccc2ccccc12. The van der Waals surface area contributed by atoms with Gasteiger partial charge in [-0.15, -0.1) is 0 Å². The van der Waals surface area contributed by atoms with Gasteiger partial charge in [-0.2, -0.15) is 5.10 Å². The molecule has 0 aliphatic rings. The van der Waals surface area contributed by atoms with E-state index in [0.717, 1.165) is 29.2 Å². The maximum Gasteiger partial charge on any atom is 0.259 e. The molecular weight excluding hydrogens is 398 g/mol. The molecule has 2 rings (SSSR count). The van der Waals surface area contributed by atoms with Gasteiger partial charge in [0.25, 0.3) is 5.91 Å². The van der Waals surface area contributed by atoms with Crippen molar-refractivity contribution in [2.75, 3.05) is 6.54 Å². The van der Waals surface area contributed by atoms with Crippen LogP contribution in [0, 0.1) is 0 Å². The Labute approximate surface area is 193 Å². The standard InChI is InChI=1S/C27H39N3O2/c1-2-3-4-5-6-7-8-9-10-11-12-20-26(31)28-22-27(32)30-29-21-24-18-15-17-23-16-13-14-19-25(23)24/h13-19,21H,2-12,20,22H2,1H3,(H,28,31)(H,30,32). The van der Waals surface area contributed by atoms with Crippen molar-refractivity contribution < 1.29 is 9.59 Å². The first kappa shape index (κ1) is 25.6. The van der Waals surface area contributed by atoms with Gasteiger partial charge in [0.15, 0.2) is 0 Å². The third kappa shape index (κ3) is 10.6. The van der Waals surface area contributed by atoms with Crippen molar-refractivity contribution in [2.45, 2.75) is 84.0 Å². The van der Waals surface area contributed by atoms with Crippen LogP contribution in [0.2, 0.25) is 0 Å². The van der Waals surface area contributed by atoms with E-state index in [1.54, 1.807) is 6.21 Å². The van der Waals surface area contributed by atoms with Crippen molar-refractivity contribution in [1.82, 2.24) is 10.7 Å². The van der Waals surface area contributed by atoms with Crippen molar-refractivity contribution in [2.24, 2.45) is 5.10 Å². The Morgan fingerprint density at radius 3 is 2.12 bits per heavy atom. The molecule has 0 radical (unpaired) electrons. The molecule has 32 heavy (non-hydrogen) atoms. The van der Waals surface area contributed by atoms with Crippen LogP contribution in [-0.2, 0) is 9.59 Å². The van der Waals surface area contributed by atoms with Crippen LogP contribution < -0.4 is 10.7 Å². The number of unbranched alkanes of at least 4 members (excludes halogenated alkanes) is 10. The first-order valence-electron chi connectivity index (χ1n) is 12.3. The lowest BCUT2D eigenvalue weighted by Crippen LogP contribution is -2.34. The molecule has 0 fully saturated rings. The fourth-order valence-electron chi connectivity index (χ4n) is 3.79. The predicted octanol–water partition coefficient (Wildman–Crippen LogP) is 6.11. The summed E-state index contributed by atoms with van der Waals surface area (Å²) in [5.74, 6) is -0.400. The van der Waals surface area contributed by atoms with Crippen LogP contribution in [0.4, 0.5) is 0 Å². The maximum absolute atomic E-state index is 11.9. The van der Waals surface area contributed by atoms with Crippen LogP contribution in [-0.4, -0.2) is 24.6 Å². The number of nitrogens with one attached hydrogen (secondary N) is 2. The number of hydrazone groups is 1. The van der Waals surface area contributed by atoms with E-state index in [1.165, 1.54) is 57.8 Å². The van der Waals surface area contributed by atoms with Crippen LogP contribution in [0.1, 0.15) is 89.5 Å². The number of fused-ring (bicyclic) bond motifs is 1. The summed E-state index contributed by atoms with van der Waals surface area (Å²) >= 11 is 0. The largest absolute Gasteiger partial charge is 0.347 e. The fourth-order valence-corrected chi connectivity index (χ4v) is 3.79. The molecule has 0 saturated carbocycles. The fraction of sp³-hybridized carbons (Fsp3) is 0.519. The average molecular weight is 438 g/mol. The molecule has 0 spiro atoms. The lowest BCUT2D eigenvalue weighted by Gasteiger charge is -2.05. The second-order valence-electron chi connectivity index (χ2n) is 8.42. The van der Waals surface area contributed by atoms with Crippen molar-refractivity contribution in [3.63, 3.8) is 0 Å². The van der Waals surface area contributed by atoms with Crippen LogP contribution in [0.15, 0.2) is 47.6 Å². The molecule has 174 valence electrons. The molecule has 0 aliphatic carbocycles. The van der Waals surface area contributed by atoms with E-state index in [4.69, 9.17) is 0 Å². The molecule has 0 saturated heterocycles. The van der Waals surface area contributed by atoms with Crippen molar-refractivity contribution >= 4 is 28.8 Å². The third-order valence-corrected chi connectivity index (χ3v) is 5.67. The summed E-state index contributed by atoms with van der Waals surface area (Å²) < 4.78 is 0. The zero-order valence-electron chi connectivity index (χ0n) is 19.6. The van der Waals surface area contributed by atoms with Crippen molar-refractivity contribution in [1.29, 1.82) is 0 Å². The Hall–Kier alpha value is -2.69. The molecule has 0 aliphatic heterocycles. The number of carbonyl (C=O) groups excluding carboxylic acids is 2. The lowest BCUT2D eigenvalue weighted by molar-refractivity contribution is -0.126. The molecule has 2 aromatic carbocycles. The van der Waals surface area contributed by atoms with Crippen LogP contribution >= 0.6 is 0 Å². The number of hydrogen-bond donors (Lipinski definition) is 2. The first-order valence-corrected chi connectivity index (χ1v) is 12.3. The number of rotatable bonds is 16. The molecule has 2 aromatic rings. The summed E-state index contributed by atoms with van der Waals surface area (Å²) in [5.41, 5.74) is 3.41. The summed E-state index contributed by atoms with van der Waals surface area (Å²) in [4.78, 5) is 23.8. The lowest BCUT2D eigenvalue weighted by atomic mass is 10.1. The number of amides is 2. The summed E-state index contributed by atoms with van der Waals surface area (Å²) in [7, 11) is 0. The molecule has 0 atom stereocenters. The zero-order valence-corrected chi connectivity index (χ0v) is 19.6. The topological polar surface area (TPSA) is 70.6 Å². The second-order valence-corrected chi connectivity index (χ2v) is 8.42. The summed E-state index contributed by atoms with van der Waals surface area (Å²) in [5, 5.41) is 8.90. The normalized spacial score (nSPS) is 11.2. The molecule has 0 bridgehead atoms. The van der Waals surface area contributed by atoms with Crippen molar-refractivity contribution in [3.8, 4) is 0 Å². The van der Waals surface area contributed by atoms with E-state index in [1.807, 2.05) is 42.5 Å². The van der Waals surface area contributed by atoms with Gasteiger partial charge in [-0.3, -0.25) is 9.59 Å². The van der Waals surface area contributed by atoms with Crippen molar-refractivity contribution in [3.05, 3.63) is 48.0 Å². The quantitative estimate of drug-likeness (QED) is 0.189. The number of nitrogens with zero attached hydrogens (tertiary/aromatic N) is 1. The highest BCUT2D eigenvalue weighted by Gasteiger charge is 2.05. The van der Waals surface area contributed by atoms with Gasteiger partial charge in [0.2, 0.25) is 5.91 Å². The van der Waals surface area contributed by atoms with Gasteiger partial charge < -0.3 is 5.32 Å². The Morgan fingerprint density at radius 2 is 1.41 bits per heavy atom. The minimum atomic E-state index is -0.325. The molecule has 5 heteroatoms. The molecule has 0 heterocycles. The van der Waals surface area contributed by atoms with E-state index < -0.39 is 0 Å². The van der Waals surface area contributed by atoms with Crippen LogP contribution in [0.25, 0.3) is 10.8 Å². The highest BCUT2D eigenvalue weighted by Crippen LogP contribution is 2.16. The first-order chi connectivity index (χ1) is 15.7. The van der Waals surface area contributed by atoms with Gasteiger partial charge in [0, 0.05) is 12.0 Å².